The maximum Gasteiger partial charge on any atom is 0.293 e. The number of rotatable bonds is 6. The second-order valence-electron chi connectivity index (χ2n) is 4.52. The number of ether oxygens (including phenoxy) is 1. The van der Waals surface area contributed by atoms with Crippen molar-refractivity contribution in [2.75, 3.05) is 25.6 Å². The van der Waals surface area contributed by atoms with Crippen LogP contribution >= 0.6 is 0 Å². The first kappa shape index (κ1) is 13.7. The van der Waals surface area contributed by atoms with Crippen molar-refractivity contribution in [3.05, 3.63) is 22.7 Å². The van der Waals surface area contributed by atoms with Gasteiger partial charge in [-0.15, -0.1) is 0 Å². The minimum absolute atomic E-state index is 0.0767. The van der Waals surface area contributed by atoms with Crippen LogP contribution in [0.5, 0.6) is 0 Å². The van der Waals surface area contributed by atoms with E-state index in [9.17, 15) is 4.79 Å². The zero-order valence-electron chi connectivity index (χ0n) is 10.9. The highest BCUT2D eigenvalue weighted by Gasteiger charge is 2.08. The molecule has 1 heterocycles. The Hall–Kier alpha value is -1.36. The number of hydrogen-bond acceptors (Lipinski definition) is 4. The summed E-state index contributed by atoms with van der Waals surface area (Å²) in [5.41, 5.74) is -0.0767. The molecule has 0 aliphatic heterocycles. The molecule has 96 valence electrons. The number of anilines is 1. The van der Waals surface area contributed by atoms with E-state index in [2.05, 4.69) is 17.2 Å². The van der Waals surface area contributed by atoms with Gasteiger partial charge in [0.25, 0.3) is 5.56 Å². The minimum Gasteiger partial charge on any atom is -0.384 e. The lowest BCUT2D eigenvalue weighted by molar-refractivity contribution is 0.164. The second kappa shape index (κ2) is 6.39. The first-order chi connectivity index (χ1) is 8.06. The molecule has 17 heavy (non-hydrogen) atoms. The zero-order chi connectivity index (χ0) is 12.8. The predicted octanol–water partition coefficient (Wildman–Crippen LogP) is 1.52. The smallest absolute Gasteiger partial charge is 0.293 e. The molecule has 0 aromatic carbocycles. The van der Waals surface area contributed by atoms with Crippen LogP contribution in [0.2, 0.25) is 0 Å². The van der Waals surface area contributed by atoms with E-state index in [4.69, 9.17) is 4.74 Å². The van der Waals surface area contributed by atoms with Gasteiger partial charge < -0.3 is 14.6 Å². The average molecular weight is 239 g/mol. The molecule has 1 unspecified atom stereocenters. The van der Waals surface area contributed by atoms with E-state index in [-0.39, 0.29) is 11.6 Å². The lowest BCUT2D eigenvalue weighted by atomic mass is 10.2. The third kappa shape index (κ3) is 3.85. The summed E-state index contributed by atoms with van der Waals surface area (Å²) in [7, 11) is 1.67. The fraction of sp³-hybridized carbons (Fsp3) is 0.667. The van der Waals surface area contributed by atoms with Crippen LogP contribution in [0.3, 0.4) is 0 Å². The van der Waals surface area contributed by atoms with Gasteiger partial charge in [0.1, 0.15) is 0 Å². The van der Waals surface area contributed by atoms with Crippen LogP contribution in [-0.2, 0) is 4.74 Å². The summed E-state index contributed by atoms with van der Waals surface area (Å²) in [6.45, 7) is 7.34. The van der Waals surface area contributed by atoms with E-state index >= 15 is 0 Å². The Morgan fingerprint density at radius 2 is 2.18 bits per heavy atom. The second-order valence-corrected chi connectivity index (χ2v) is 4.52. The molecule has 1 atom stereocenters. The van der Waals surface area contributed by atoms with E-state index in [0.29, 0.717) is 24.9 Å². The number of nitrogens with zero attached hydrogens (tertiary/aromatic N) is 2. The molecule has 1 rings (SSSR count). The van der Waals surface area contributed by atoms with E-state index in [0.717, 1.165) is 0 Å². The molecule has 0 fully saturated rings. The van der Waals surface area contributed by atoms with Gasteiger partial charge in [-0.3, -0.25) is 4.79 Å². The molecule has 0 radical (unpaired) electrons. The molecule has 0 aliphatic rings. The molecule has 0 amide bonds. The Morgan fingerprint density at radius 3 is 2.76 bits per heavy atom. The number of nitrogens with one attached hydrogen (secondary N) is 1. The van der Waals surface area contributed by atoms with Gasteiger partial charge in [0.05, 0.1) is 6.61 Å². The Labute approximate surface area is 102 Å². The minimum atomic E-state index is -0.0767. The maximum atomic E-state index is 12.0. The number of aromatic nitrogens is 2. The largest absolute Gasteiger partial charge is 0.384 e. The molecule has 0 saturated carbocycles. The van der Waals surface area contributed by atoms with Gasteiger partial charge in [-0.2, -0.15) is 0 Å². The van der Waals surface area contributed by atoms with Crippen molar-refractivity contribution in [3.8, 4) is 0 Å². The summed E-state index contributed by atoms with van der Waals surface area (Å²) in [5.74, 6) is 0.748. The third-order valence-corrected chi connectivity index (χ3v) is 2.49. The monoisotopic (exact) mass is 239 g/mol. The molecule has 0 aliphatic carbocycles. The molecule has 5 heteroatoms. The van der Waals surface area contributed by atoms with E-state index in [1.54, 1.807) is 24.1 Å². The van der Waals surface area contributed by atoms with Crippen LogP contribution in [0, 0.1) is 5.92 Å². The van der Waals surface area contributed by atoms with Crippen molar-refractivity contribution >= 4 is 5.82 Å². The van der Waals surface area contributed by atoms with Gasteiger partial charge >= 0.3 is 0 Å². The lowest BCUT2D eigenvalue weighted by Crippen LogP contribution is -2.27. The van der Waals surface area contributed by atoms with Gasteiger partial charge in [-0.05, 0) is 19.8 Å². The molecule has 5 nitrogen and oxygen atoms in total. The van der Waals surface area contributed by atoms with Gasteiger partial charge in [-0.25, -0.2) is 4.98 Å². The third-order valence-electron chi connectivity index (χ3n) is 2.49. The van der Waals surface area contributed by atoms with Crippen molar-refractivity contribution in [3.63, 3.8) is 0 Å². The van der Waals surface area contributed by atoms with Crippen LogP contribution in [0.4, 0.5) is 5.82 Å². The summed E-state index contributed by atoms with van der Waals surface area (Å²) < 4.78 is 6.70. The topological polar surface area (TPSA) is 56.1 Å². The highest BCUT2D eigenvalue weighted by atomic mass is 16.5. The highest BCUT2D eigenvalue weighted by molar-refractivity contribution is 5.30. The van der Waals surface area contributed by atoms with Crippen molar-refractivity contribution in [1.82, 2.24) is 9.55 Å². The molecular weight excluding hydrogens is 218 g/mol. The van der Waals surface area contributed by atoms with E-state index in [1.807, 2.05) is 13.8 Å². The standard InChI is InChI=1S/C12H21N3O2/c1-9(2)15-6-5-13-11(12(15)16)14-7-10(3)8-17-4/h5-6,9-10H,7-8H2,1-4H3,(H,13,14). The summed E-state index contributed by atoms with van der Waals surface area (Å²) in [5, 5.41) is 3.07. The van der Waals surface area contributed by atoms with Gasteiger partial charge in [-0.1, -0.05) is 6.92 Å². The average Bonchev–Trinajstić information content (AvgIpc) is 2.27. The predicted molar refractivity (Wildman–Crippen MR) is 68.4 cm³/mol. The molecule has 0 bridgehead atoms. The molecule has 0 spiro atoms. The quantitative estimate of drug-likeness (QED) is 0.817. The first-order valence-corrected chi connectivity index (χ1v) is 5.86. The molecule has 1 aromatic rings. The van der Waals surface area contributed by atoms with Crippen molar-refractivity contribution < 1.29 is 4.74 Å². The Kier molecular flexibility index (Phi) is 5.15. The fourth-order valence-corrected chi connectivity index (χ4v) is 1.57. The van der Waals surface area contributed by atoms with Crippen LogP contribution in [0.15, 0.2) is 17.2 Å². The number of methoxy groups -OCH3 is 1. The summed E-state index contributed by atoms with van der Waals surface area (Å²) in [6, 6.07) is 0.141. The SMILES string of the molecule is COCC(C)CNc1nccn(C(C)C)c1=O. The molecule has 1 N–H and O–H groups in total. The molecule has 1 aromatic heterocycles. The lowest BCUT2D eigenvalue weighted by Gasteiger charge is -2.14. The Bertz CT molecular complexity index is 401. The molecule has 0 saturated heterocycles. The van der Waals surface area contributed by atoms with Crippen LogP contribution in [-0.4, -0.2) is 29.8 Å². The summed E-state index contributed by atoms with van der Waals surface area (Å²) >= 11 is 0. The zero-order valence-corrected chi connectivity index (χ0v) is 10.9. The normalized spacial score (nSPS) is 12.8. The Balaban J connectivity index is 2.72. The fourth-order valence-electron chi connectivity index (χ4n) is 1.57. The van der Waals surface area contributed by atoms with Crippen molar-refractivity contribution in [2.24, 2.45) is 5.92 Å². The highest BCUT2D eigenvalue weighted by Crippen LogP contribution is 2.02. The van der Waals surface area contributed by atoms with Crippen LogP contribution in [0.25, 0.3) is 0 Å². The summed E-state index contributed by atoms with van der Waals surface area (Å²) in [4.78, 5) is 16.1. The first-order valence-electron chi connectivity index (χ1n) is 5.86. The summed E-state index contributed by atoms with van der Waals surface area (Å²) in [6.07, 6.45) is 3.35. The van der Waals surface area contributed by atoms with E-state index < -0.39 is 0 Å². The van der Waals surface area contributed by atoms with Crippen molar-refractivity contribution in [1.29, 1.82) is 0 Å². The van der Waals surface area contributed by atoms with Gasteiger partial charge in [0.2, 0.25) is 0 Å². The molecular formula is C12H21N3O2. The van der Waals surface area contributed by atoms with E-state index in [1.165, 1.54) is 0 Å². The van der Waals surface area contributed by atoms with Crippen LogP contribution < -0.4 is 10.9 Å². The number of hydrogen-bond donors (Lipinski definition) is 1. The van der Waals surface area contributed by atoms with Gasteiger partial charge in [0, 0.05) is 32.1 Å². The van der Waals surface area contributed by atoms with Gasteiger partial charge in [0.15, 0.2) is 5.82 Å². The Morgan fingerprint density at radius 1 is 1.47 bits per heavy atom. The van der Waals surface area contributed by atoms with Crippen molar-refractivity contribution in [2.45, 2.75) is 26.8 Å². The maximum absolute atomic E-state index is 12.0. The van der Waals surface area contributed by atoms with Crippen LogP contribution in [0.1, 0.15) is 26.8 Å².